The van der Waals surface area contributed by atoms with Gasteiger partial charge in [-0.3, -0.25) is 9.36 Å². The normalized spacial score (nSPS) is 16.9. The van der Waals surface area contributed by atoms with Gasteiger partial charge in [0, 0.05) is 11.4 Å². The Morgan fingerprint density at radius 2 is 2.23 bits per heavy atom. The summed E-state index contributed by atoms with van der Waals surface area (Å²) < 4.78 is 1.62. The van der Waals surface area contributed by atoms with Crippen molar-refractivity contribution < 1.29 is 0 Å². The van der Waals surface area contributed by atoms with Crippen LogP contribution in [0, 0.1) is 5.92 Å². The van der Waals surface area contributed by atoms with Crippen LogP contribution >= 0.6 is 23.1 Å². The molecule has 0 saturated heterocycles. The fourth-order valence-electron chi connectivity index (χ4n) is 3.43. The van der Waals surface area contributed by atoms with E-state index < -0.39 is 0 Å². The highest BCUT2D eigenvalue weighted by molar-refractivity contribution is 7.98. The van der Waals surface area contributed by atoms with E-state index in [1.54, 1.807) is 15.9 Å². The first-order chi connectivity index (χ1) is 12.6. The number of aromatic amines is 2. The number of rotatable bonds is 5. The van der Waals surface area contributed by atoms with Crippen molar-refractivity contribution in [2.75, 3.05) is 0 Å². The fourth-order valence-corrected chi connectivity index (χ4v) is 5.67. The van der Waals surface area contributed by atoms with Crippen molar-refractivity contribution >= 4 is 33.3 Å². The third-order valence-corrected chi connectivity index (χ3v) is 6.86. The monoisotopic (exact) mass is 391 g/mol. The number of aryl methyl sites for hydroxylation is 1. The first-order valence-corrected chi connectivity index (χ1v) is 10.7. The Balaban J connectivity index is 1.62. The zero-order valence-corrected chi connectivity index (χ0v) is 16.4. The topological polar surface area (TPSA) is 96.4 Å². The van der Waals surface area contributed by atoms with E-state index in [-0.39, 0.29) is 11.2 Å². The first-order valence-electron chi connectivity index (χ1n) is 8.88. The Hall–Kier alpha value is -1.87. The maximum Gasteiger partial charge on any atom is 0.343 e. The quantitative estimate of drug-likeness (QED) is 0.652. The van der Waals surface area contributed by atoms with Gasteiger partial charge in [-0.05, 0) is 37.2 Å². The number of nitrogens with one attached hydrogen (secondary N) is 2. The average molecular weight is 392 g/mol. The lowest BCUT2D eigenvalue weighted by Gasteiger charge is -2.17. The van der Waals surface area contributed by atoms with E-state index in [9.17, 15) is 9.59 Å². The molecule has 1 atom stereocenters. The van der Waals surface area contributed by atoms with Crippen LogP contribution in [0.25, 0.3) is 10.2 Å². The zero-order chi connectivity index (χ0) is 18.3. The highest BCUT2D eigenvalue weighted by Crippen LogP contribution is 2.35. The van der Waals surface area contributed by atoms with Gasteiger partial charge >= 0.3 is 5.69 Å². The zero-order valence-electron chi connectivity index (χ0n) is 14.8. The molecule has 1 aliphatic rings. The number of hydrogen-bond acceptors (Lipinski definition) is 6. The second-order valence-electron chi connectivity index (χ2n) is 6.80. The number of fused-ring (bicyclic) bond motifs is 3. The van der Waals surface area contributed by atoms with Crippen molar-refractivity contribution in [2.24, 2.45) is 5.92 Å². The van der Waals surface area contributed by atoms with Crippen LogP contribution in [0.2, 0.25) is 0 Å². The van der Waals surface area contributed by atoms with Crippen LogP contribution in [0.1, 0.15) is 43.0 Å². The number of thiophene rings is 1. The van der Waals surface area contributed by atoms with Crippen LogP contribution in [0.4, 0.5) is 0 Å². The van der Waals surface area contributed by atoms with Crippen LogP contribution in [-0.4, -0.2) is 24.7 Å². The number of hydrogen-bond donors (Lipinski definition) is 2. The Kier molecular flexibility index (Phi) is 4.74. The molecule has 0 aromatic carbocycles. The summed E-state index contributed by atoms with van der Waals surface area (Å²) >= 11 is 3.06. The summed E-state index contributed by atoms with van der Waals surface area (Å²) in [4.78, 5) is 34.1. The van der Waals surface area contributed by atoms with E-state index in [4.69, 9.17) is 0 Å². The standard InChI is InChI=1S/C17H21N5O2S2/c1-3-6-22-16(24)20-21-17(22)25-8-12-18-14(23)13-10-5-4-9(2)7-11(10)26-15(13)19-12/h9H,3-8H2,1-2H3,(H,20,24)(H,18,19,23)/t9-/m1/s1. The van der Waals surface area contributed by atoms with Crippen LogP contribution < -0.4 is 11.2 Å². The molecule has 7 nitrogen and oxygen atoms in total. The summed E-state index contributed by atoms with van der Waals surface area (Å²) in [7, 11) is 0. The largest absolute Gasteiger partial charge is 0.343 e. The van der Waals surface area contributed by atoms with Gasteiger partial charge in [0.2, 0.25) is 0 Å². The van der Waals surface area contributed by atoms with Crippen molar-refractivity contribution in [2.45, 2.75) is 57.0 Å². The third kappa shape index (κ3) is 3.14. The van der Waals surface area contributed by atoms with Gasteiger partial charge in [-0.25, -0.2) is 14.9 Å². The van der Waals surface area contributed by atoms with Crippen LogP contribution in [-0.2, 0) is 25.1 Å². The predicted octanol–water partition coefficient (Wildman–Crippen LogP) is 2.70. The molecule has 26 heavy (non-hydrogen) atoms. The van der Waals surface area contributed by atoms with Crippen LogP contribution in [0.15, 0.2) is 14.7 Å². The lowest BCUT2D eigenvalue weighted by atomic mass is 9.89. The molecular weight excluding hydrogens is 370 g/mol. The Labute approximate surface area is 158 Å². The molecule has 0 radical (unpaired) electrons. The minimum atomic E-state index is -0.202. The fraction of sp³-hybridized carbons (Fsp3) is 0.529. The van der Waals surface area contributed by atoms with E-state index in [1.165, 1.54) is 22.2 Å². The highest BCUT2D eigenvalue weighted by atomic mass is 32.2. The molecule has 0 fully saturated rings. The average Bonchev–Trinajstić information content (AvgIpc) is 3.14. The van der Waals surface area contributed by atoms with E-state index in [0.717, 1.165) is 35.9 Å². The molecule has 0 saturated carbocycles. The molecule has 1 aliphatic carbocycles. The Morgan fingerprint density at radius 1 is 1.38 bits per heavy atom. The summed E-state index contributed by atoms with van der Waals surface area (Å²) in [5, 5.41) is 7.94. The van der Waals surface area contributed by atoms with Gasteiger partial charge in [0.05, 0.1) is 11.1 Å². The summed E-state index contributed by atoms with van der Waals surface area (Å²) in [6.07, 6.45) is 3.99. The molecule has 2 N–H and O–H groups in total. The maximum atomic E-state index is 12.6. The molecule has 0 aliphatic heterocycles. The van der Waals surface area contributed by atoms with E-state index >= 15 is 0 Å². The maximum absolute atomic E-state index is 12.6. The van der Waals surface area contributed by atoms with Gasteiger partial charge < -0.3 is 4.98 Å². The summed E-state index contributed by atoms with van der Waals surface area (Å²) in [6.45, 7) is 4.89. The summed E-state index contributed by atoms with van der Waals surface area (Å²) in [5.41, 5.74) is 0.942. The summed E-state index contributed by atoms with van der Waals surface area (Å²) in [5.74, 6) is 1.76. The molecule has 4 rings (SSSR count). The Bertz CT molecular complexity index is 1060. The second kappa shape index (κ2) is 7.03. The van der Waals surface area contributed by atoms with Gasteiger partial charge in [0.15, 0.2) is 5.16 Å². The van der Waals surface area contributed by atoms with Crippen molar-refractivity contribution in [3.05, 3.63) is 37.1 Å². The van der Waals surface area contributed by atoms with Crippen molar-refractivity contribution in [1.29, 1.82) is 0 Å². The number of nitrogens with zero attached hydrogens (tertiary/aromatic N) is 3. The lowest BCUT2D eigenvalue weighted by Crippen LogP contribution is -2.17. The lowest BCUT2D eigenvalue weighted by molar-refractivity contribution is 0.509. The smallest absolute Gasteiger partial charge is 0.309 e. The Morgan fingerprint density at radius 3 is 3.04 bits per heavy atom. The molecule has 3 heterocycles. The summed E-state index contributed by atoms with van der Waals surface area (Å²) in [6, 6.07) is 0. The first kappa shape index (κ1) is 17.5. The van der Waals surface area contributed by atoms with Crippen LogP contribution in [0.3, 0.4) is 0 Å². The van der Waals surface area contributed by atoms with Crippen LogP contribution in [0.5, 0.6) is 0 Å². The van der Waals surface area contributed by atoms with E-state index in [2.05, 4.69) is 27.1 Å². The van der Waals surface area contributed by atoms with Gasteiger partial charge in [-0.1, -0.05) is 25.6 Å². The molecule has 9 heteroatoms. The predicted molar refractivity (Wildman–Crippen MR) is 104 cm³/mol. The SMILES string of the molecule is CCCn1c(SCc2nc3sc4c(c3c(=O)[nH]2)CC[C@@H](C)C4)n[nH]c1=O. The van der Waals surface area contributed by atoms with E-state index in [0.29, 0.717) is 29.2 Å². The number of aromatic nitrogens is 5. The van der Waals surface area contributed by atoms with Gasteiger partial charge in [0.25, 0.3) is 5.56 Å². The molecule has 3 aromatic heterocycles. The number of H-pyrrole nitrogens is 2. The van der Waals surface area contributed by atoms with Gasteiger partial charge in [-0.2, -0.15) is 0 Å². The molecule has 0 unspecified atom stereocenters. The molecule has 3 aromatic rings. The van der Waals surface area contributed by atoms with Gasteiger partial charge in [0.1, 0.15) is 10.7 Å². The minimum Gasteiger partial charge on any atom is -0.309 e. The number of thioether (sulfide) groups is 1. The molecule has 138 valence electrons. The molecule has 0 spiro atoms. The second-order valence-corrected chi connectivity index (χ2v) is 8.82. The minimum absolute atomic E-state index is 0.0503. The van der Waals surface area contributed by atoms with Crippen molar-refractivity contribution in [1.82, 2.24) is 24.7 Å². The molecular formula is C17H21N5O2S2. The molecule has 0 bridgehead atoms. The molecule has 0 amide bonds. The van der Waals surface area contributed by atoms with Crippen molar-refractivity contribution in [3.8, 4) is 0 Å². The van der Waals surface area contributed by atoms with E-state index in [1.807, 2.05) is 6.92 Å². The van der Waals surface area contributed by atoms with Crippen molar-refractivity contribution in [3.63, 3.8) is 0 Å². The highest BCUT2D eigenvalue weighted by Gasteiger charge is 2.23. The van der Waals surface area contributed by atoms with Gasteiger partial charge in [-0.15, -0.1) is 16.4 Å². The third-order valence-electron chi connectivity index (χ3n) is 4.72.